The molecule has 6 nitrogen and oxygen atoms in total. The van der Waals surface area contributed by atoms with Gasteiger partial charge in [-0.05, 0) is 49.4 Å². The molecule has 1 saturated carbocycles. The van der Waals surface area contributed by atoms with E-state index >= 15 is 0 Å². The fraction of sp³-hybridized carbons (Fsp3) is 0.500. The van der Waals surface area contributed by atoms with E-state index < -0.39 is 0 Å². The molecule has 0 radical (unpaired) electrons. The first kappa shape index (κ1) is 15.3. The van der Waals surface area contributed by atoms with Crippen LogP contribution in [-0.4, -0.2) is 22.1 Å². The summed E-state index contributed by atoms with van der Waals surface area (Å²) in [6, 6.07) is 8.32. The Hall–Kier alpha value is -2.21. The van der Waals surface area contributed by atoms with Crippen molar-refractivity contribution in [3.05, 3.63) is 30.2 Å². The second-order valence-corrected chi connectivity index (χ2v) is 6.69. The van der Waals surface area contributed by atoms with Crippen LogP contribution >= 0.6 is 0 Å². The molecule has 4 rings (SSSR count). The van der Waals surface area contributed by atoms with Gasteiger partial charge < -0.3 is 15.2 Å². The van der Waals surface area contributed by atoms with Crippen LogP contribution in [0.25, 0.3) is 11.4 Å². The van der Waals surface area contributed by atoms with Crippen LogP contribution in [0, 0.1) is 5.92 Å². The lowest BCUT2D eigenvalue weighted by Gasteiger charge is -2.08. The topological polar surface area (TPSA) is 80.0 Å². The number of nitrogens with one attached hydrogen (secondary N) is 2. The first-order valence-electron chi connectivity index (χ1n) is 8.73. The van der Waals surface area contributed by atoms with E-state index in [9.17, 15) is 4.79 Å². The van der Waals surface area contributed by atoms with Gasteiger partial charge in [0.15, 0.2) is 0 Å². The van der Waals surface area contributed by atoms with Crippen LogP contribution in [0.4, 0.5) is 5.69 Å². The molecule has 6 heteroatoms. The van der Waals surface area contributed by atoms with Crippen molar-refractivity contribution >= 4 is 11.6 Å². The molecular weight excluding hydrogens is 304 g/mol. The summed E-state index contributed by atoms with van der Waals surface area (Å²) < 4.78 is 5.49. The lowest BCUT2D eigenvalue weighted by atomic mass is 10.0. The molecule has 2 aliphatic rings. The molecule has 3 atom stereocenters. The minimum Gasteiger partial charge on any atom is -0.337 e. The van der Waals surface area contributed by atoms with Crippen molar-refractivity contribution in [2.75, 3.05) is 5.32 Å². The van der Waals surface area contributed by atoms with E-state index in [4.69, 9.17) is 4.52 Å². The van der Waals surface area contributed by atoms with Crippen molar-refractivity contribution in [1.29, 1.82) is 0 Å². The molecule has 2 aromatic rings. The summed E-state index contributed by atoms with van der Waals surface area (Å²) in [4.78, 5) is 16.0. The minimum atomic E-state index is 0.00227. The van der Waals surface area contributed by atoms with E-state index in [0.717, 1.165) is 23.6 Å². The maximum Gasteiger partial charge on any atom is 0.244 e. The molecule has 1 aliphatic heterocycles. The Morgan fingerprint density at radius 3 is 2.92 bits per heavy atom. The van der Waals surface area contributed by atoms with E-state index in [2.05, 4.69) is 20.8 Å². The molecule has 1 amide bonds. The predicted octanol–water partition coefficient (Wildman–Crippen LogP) is 3.29. The summed E-state index contributed by atoms with van der Waals surface area (Å²) in [5, 5.41) is 10.6. The van der Waals surface area contributed by atoms with Crippen LogP contribution < -0.4 is 10.6 Å². The van der Waals surface area contributed by atoms with Crippen molar-refractivity contribution in [2.24, 2.45) is 5.92 Å². The molecule has 1 aromatic heterocycles. The van der Waals surface area contributed by atoms with Gasteiger partial charge >= 0.3 is 0 Å². The Balaban J connectivity index is 1.46. The Morgan fingerprint density at radius 1 is 1.33 bits per heavy atom. The lowest BCUT2D eigenvalue weighted by molar-refractivity contribution is -0.115. The third kappa shape index (κ3) is 2.94. The average Bonchev–Trinajstić information content (AvgIpc) is 3.30. The number of aromatic nitrogens is 2. The minimum absolute atomic E-state index is 0.00227. The highest BCUT2D eigenvalue weighted by atomic mass is 16.5. The Labute approximate surface area is 141 Å². The number of anilines is 1. The van der Waals surface area contributed by atoms with E-state index in [-0.39, 0.29) is 11.9 Å². The zero-order valence-electron chi connectivity index (χ0n) is 13.8. The summed E-state index contributed by atoms with van der Waals surface area (Å²) in [6.07, 6.45) is 5.44. The fourth-order valence-electron chi connectivity index (χ4n) is 3.79. The van der Waals surface area contributed by atoms with Gasteiger partial charge in [-0.25, -0.2) is 0 Å². The van der Waals surface area contributed by atoms with Gasteiger partial charge in [-0.2, -0.15) is 4.98 Å². The monoisotopic (exact) mass is 326 g/mol. The number of benzene rings is 1. The molecule has 1 aromatic carbocycles. The normalized spacial score (nSPS) is 25.6. The Kier molecular flexibility index (Phi) is 4.06. The van der Waals surface area contributed by atoms with Crippen LogP contribution in [0.2, 0.25) is 0 Å². The van der Waals surface area contributed by atoms with Crippen LogP contribution in [0.1, 0.15) is 51.0 Å². The number of carbonyl (C=O) groups is 1. The number of carbonyl (C=O) groups excluding carboxylic acids is 1. The van der Waals surface area contributed by atoms with Crippen molar-refractivity contribution < 1.29 is 9.32 Å². The van der Waals surface area contributed by atoms with Gasteiger partial charge in [0.05, 0.1) is 6.04 Å². The number of fused-ring (bicyclic) bond motifs is 1. The molecule has 1 aliphatic carbocycles. The van der Waals surface area contributed by atoms with Crippen molar-refractivity contribution in [3.63, 3.8) is 0 Å². The first-order valence-corrected chi connectivity index (χ1v) is 8.73. The standard InChI is InChI=1S/C18H22N4O2/c1-2-16(23)19-13-8-6-11(7-9-13)17-21-18(24-22-17)15-10-12-4-3-5-14(12)20-15/h6-9,12,14-15,20H,2-5,10H2,1H3,(H,19,23)/t12-,14-,15-/m0/s1. The SMILES string of the molecule is CCC(=O)Nc1ccc(-c2noc([C@@H]3C[C@@H]4CCC[C@@H]4N3)n2)cc1. The smallest absolute Gasteiger partial charge is 0.244 e. The van der Waals surface area contributed by atoms with Gasteiger partial charge in [0.2, 0.25) is 17.6 Å². The second-order valence-electron chi connectivity index (χ2n) is 6.69. The molecule has 0 bridgehead atoms. The summed E-state index contributed by atoms with van der Waals surface area (Å²) in [5.41, 5.74) is 1.66. The molecule has 2 fully saturated rings. The summed E-state index contributed by atoms with van der Waals surface area (Å²) in [7, 11) is 0. The van der Waals surface area contributed by atoms with Crippen molar-refractivity contribution in [2.45, 2.75) is 51.1 Å². The summed E-state index contributed by atoms with van der Waals surface area (Å²) >= 11 is 0. The summed E-state index contributed by atoms with van der Waals surface area (Å²) in [5.74, 6) is 2.04. The second kappa shape index (κ2) is 6.36. The number of nitrogens with zero attached hydrogens (tertiary/aromatic N) is 2. The molecular formula is C18H22N4O2. The van der Waals surface area contributed by atoms with Gasteiger partial charge in [0.25, 0.3) is 0 Å². The van der Waals surface area contributed by atoms with E-state index in [1.807, 2.05) is 31.2 Å². The molecule has 2 N–H and O–H groups in total. The first-order chi connectivity index (χ1) is 11.7. The highest BCUT2D eigenvalue weighted by molar-refractivity contribution is 5.90. The average molecular weight is 326 g/mol. The van der Waals surface area contributed by atoms with E-state index in [0.29, 0.717) is 24.2 Å². The van der Waals surface area contributed by atoms with Crippen LogP contribution in [-0.2, 0) is 4.79 Å². The highest BCUT2D eigenvalue weighted by Gasteiger charge is 2.39. The molecule has 126 valence electrons. The van der Waals surface area contributed by atoms with Gasteiger partial charge in [-0.15, -0.1) is 0 Å². The Bertz CT molecular complexity index is 713. The van der Waals surface area contributed by atoms with Gasteiger partial charge in [0.1, 0.15) is 0 Å². The molecule has 0 spiro atoms. The third-order valence-electron chi connectivity index (χ3n) is 5.10. The van der Waals surface area contributed by atoms with Gasteiger partial charge in [-0.1, -0.05) is 18.5 Å². The number of hydrogen-bond donors (Lipinski definition) is 2. The van der Waals surface area contributed by atoms with E-state index in [1.54, 1.807) is 0 Å². The van der Waals surface area contributed by atoms with Crippen molar-refractivity contribution in [1.82, 2.24) is 15.5 Å². The van der Waals surface area contributed by atoms with Crippen molar-refractivity contribution in [3.8, 4) is 11.4 Å². The number of rotatable bonds is 4. The summed E-state index contributed by atoms with van der Waals surface area (Å²) in [6.45, 7) is 1.83. The maximum absolute atomic E-state index is 11.4. The molecule has 2 heterocycles. The van der Waals surface area contributed by atoms with E-state index in [1.165, 1.54) is 19.3 Å². The maximum atomic E-state index is 11.4. The quantitative estimate of drug-likeness (QED) is 0.901. The number of hydrogen-bond acceptors (Lipinski definition) is 5. The van der Waals surface area contributed by atoms with Crippen LogP contribution in [0.5, 0.6) is 0 Å². The Morgan fingerprint density at radius 2 is 2.17 bits per heavy atom. The van der Waals surface area contributed by atoms with Crippen LogP contribution in [0.15, 0.2) is 28.8 Å². The zero-order valence-corrected chi connectivity index (χ0v) is 13.8. The largest absolute Gasteiger partial charge is 0.337 e. The highest BCUT2D eigenvalue weighted by Crippen LogP contribution is 2.40. The van der Waals surface area contributed by atoms with Gasteiger partial charge in [-0.3, -0.25) is 4.79 Å². The lowest BCUT2D eigenvalue weighted by Crippen LogP contribution is -2.24. The molecule has 24 heavy (non-hydrogen) atoms. The predicted molar refractivity (Wildman–Crippen MR) is 90.3 cm³/mol. The fourth-order valence-corrected chi connectivity index (χ4v) is 3.79. The molecule has 0 unspecified atom stereocenters. The number of amides is 1. The third-order valence-corrected chi connectivity index (χ3v) is 5.10. The zero-order chi connectivity index (χ0) is 16.5. The van der Waals surface area contributed by atoms with Crippen LogP contribution in [0.3, 0.4) is 0 Å². The molecule has 1 saturated heterocycles. The van der Waals surface area contributed by atoms with Gasteiger partial charge in [0, 0.05) is 23.7 Å².